The van der Waals surface area contributed by atoms with Crippen LogP contribution in [0.1, 0.15) is 0 Å². The lowest BCUT2D eigenvalue weighted by molar-refractivity contribution is 1.25. The van der Waals surface area contributed by atoms with E-state index in [1.165, 1.54) is 0 Å². The zero-order chi connectivity index (χ0) is 16.0. The fourth-order valence-electron chi connectivity index (χ4n) is 2.68. The first-order valence-corrected chi connectivity index (χ1v) is 7.63. The molecule has 0 fully saturated rings. The molecule has 1 heterocycles. The van der Waals surface area contributed by atoms with Crippen molar-refractivity contribution in [3.05, 3.63) is 47.5 Å². The van der Waals surface area contributed by atoms with Crippen molar-refractivity contribution in [2.24, 2.45) is 16.0 Å². The molecule has 0 spiro atoms. The highest BCUT2D eigenvalue weighted by atomic mass is 35.5. The zero-order valence-corrected chi connectivity index (χ0v) is 13.3. The minimum absolute atomic E-state index is 0.0137. The maximum Gasteiger partial charge on any atom is 0.211 e. The van der Waals surface area contributed by atoms with Gasteiger partial charge >= 0.3 is 0 Å². The molecule has 7 heteroatoms. The lowest BCUT2D eigenvalue weighted by atomic mass is 10.2. The average molecular weight is 340 g/mol. The standard InChI is InChI=1S/C16H10ClN5S/c17-8-5-6-11-12(7-8)20-15-13(19-11)9-3-1-2-4-10(9)14(15)21-22-16(18)23/h1-7,20H,(H2,18,23). The molecule has 0 aromatic heterocycles. The van der Waals surface area contributed by atoms with Crippen LogP contribution in [0.4, 0.5) is 5.69 Å². The SMILES string of the molecule is NC(=S)N=Nc1c2[nH]c3cc(Cl)ccc3nc-2c2ccccc12. The summed E-state index contributed by atoms with van der Waals surface area (Å²) in [5.74, 6) is 0. The van der Waals surface area contributed by atoms with Gasteiger partial charge in [-0.15, -0.1) is 10.2 Å². The molecule has 3 N–H and O–H groups in total. The Bertz CT molecular complexity index is 1070. The summed E-state index contributed by atoms with van der Waals surface area (Å²) in [6, 6.07) is 13.4. The number of rotatable bonds is 1. The zero-order valence-electron chi connectivity index (χ0n) is 11.7. The smallest absolute Gasteiger partial charge is 0.211 e. The number of fused-ring (bicyclic) bond motifs is 4. The fraction of sp³-hybridized carbons (Fsp3) is 0. The molecule has 23 heavy (non-hydrogen) atoms. The third kappa shape index (κ3) is 2.32. The summed E-state index contributed by atoms with van der Waals surface area (Å²) in [7, 11) is 0. The Hall–Kier alpha value is -2.57. The summed E-state index contributed by atoms with van der Waals surface area (Å²) in [5.41, 5.74) is 9.36. The van der Waals surface area contributed by atoms with E-state index in [-0.39, 0.29) is 5.11 Å². The van der Waals surface area contributed by atoms with Crippen molar-refractivity contribution in [3.63, 3.8) is 0 Å². The number of thiocarbonyl (C=S) groups is 1. The maximum atomic E-state index is 6.07. The summed E-state index contributed by atoms with van der Waals surface area (Å²) in [5, 5.41) is 10.6. The number of nitrogens with zero attached hydrogens (tertiary/aromatic N) is 3. The van der Waals surface area contributed by atoms with E-state index < -0.39 is 0 Å². The Morgan fingerprint density at radius 3 is 2.74 bits per heavy atom. The van der Waals surface area contributed by atoms with Gasteiger partial charge in [-0.05, 0) is 30.4 Å². The Morgan fingerprint density at radius 2 is 1.96 bits per heavy atom. The van der Waals surface area contributed by atoms with Crippen molar-refractivity contribution in [3.8, 4) is 11.4 Å². The lowest BCUT2D eigenvalue weighted by Gasteiger charge is -2.05. The Labute approximate surface area is 141 Å². The van der Waals surface area contributed by atoms with Crippen LogP contribution in [0, 0.1) is 0 Å². The average Bonchev–Trinajstić information content (AvgIpc) is 2.84. The number of azo groups is 1. The number of aromatic nitrogens is 2. The molecule has 1 aliphatic heterocycles. The van der Waals surface area contributed by atoms with Gasteiger partial charge in [0.25, 0.3) is 0 Å². The molecule has 1 aliphatic carbocycles. The minimum atomic E-state index is -0.0137. The van der Waals surface area contributed by atoms with Crippen molar-refractivity contribution in [2.45, 2.75) is 0 Å². The lowest BCUT2D eigenvalue weighted by Crippen LogP contribution is -2.01. The van der Waals surface area contributed by atoms with E-state index in [9.17, 15) is 0 Å². The van der Waals surface area contributed by atoms with Gasteiger partial charge in [-0.3, -0.25) is 0 Å². The summed E-state index contributed by atoms with van der Waals surface area (Å²) in [6.07, 6.45) is 0. The highest BCUT2D eigenvalue weighted by Crippen LogP contribution is 2.43. The second-order valence-corrected chi connectivity index (χ2v) is 5.91. The van der Waals surface area contributed by atoms with Gasteiger partial charge in [0.05, 0.1) is 22.4 Å². The van der Waals surface area contributed by atoms with Crippen LogP contribution >= 0.6 is 23.8 Å². The Balaban J connectivity index is 2.14. The molecule has 2 aromatic carbocycles. The molecule has 112 valence electrons. The summed E-state index contributed by atoms with van der Waals surface area (Å²) in [4.78, 5) is 8.09. The van der Waals surface area contributed by atoms with Crippen molar-refractivity contribution in [1.82, 2.24) is 9.97 Å². The molecule has 0 unspecified atom stereocenters. The molecule has 0 amide bonds. The number of hydrogen-bond acceptors (Lipinski definition) is 3. The van der Waals surface area contributed by atoms with Crippen molar-refractivity contribution < 1.29 is 0 Å². The summed E-state index contributed by atoms with van der Waals surface area (Å²) in [6.45, 7) is 0. The van der Waals surface area contributed by atoms with E-state index in [0.717, 1.165) is 33.2 Å². The molecule has 0 atom stereocenters. The molecular weight excluding hydrogens is 330 g/mol. The first-order chi connectivity index (χ1) is 11.1. The van der Waals surface area contributed by atoms with Crippen molar-refractivity contribution >= 4 is 56.4 Å². The van der Waals surface area contributed by atoms with Gasteiger partial charge in [-0.25, -0.2) is 4.98 Å². The third-order valence-corrected chi connectivity index (χ3v) is 3.93. The van der Waals surface area contributed by atoms with Crippen LogP contribution in [0.15, 0.2) is 52.7 Å². The van der Waals surface area contributed by atoms with E-state index in [1.54, 1.807) is 0 Å². The highest BCUT2D eigenvalue weighted by molar-refractivity contribution is 7.80. The molecule has 0 saturated heterocycles. The molecule has 2 aromatic rings. The minimum Gasteiger partial charge on any atom is -0.373 e. The second kappa shape index (κ2) is 5.26. The van der Waals surface area contributed by atoms with Gasteiger partial charge in [0.15, 0.2) is 0 Å². The molecule has 0 radical (unpaired) electrons. The van der Waals surface area contributed by atoms with Crippen LogP contribution in [0.25, 0.3) is 33.2 Å². The van der Waals surface area contributed by atoms with Crippen LogP contribution in [0.3, 0.4) is 0 Å². The number of nitrogens with two attached hydrogens (primary N) is 1. The largest absolute Gasteiger partial charge is 0.373 e. The monoisotopic (exact) mass is 339 g/mol. The Morgan fingerprint density at radius 1 is 1.17 bits per heavy atom. The van der Waals surface area contributed by atoms with Crippen LogP contribution in [-0.2, 0) is 0 Å². The van der Waals surface area contributed by atoms with Gasteiger partial charge in [-0.1, -0.05) is 35.9 Å². The Kier molecular flexibility index (Phi) is 3.21. The highest BCUT2D eigenvalue weighted by Gasteiger charge is 2.20. The van der Waals surface area contributed by atoms with E-state index >= 15 is 0 Å². The van der Waals surface area contributed by atoms with Gasteiger partial charge in [-0.2, -0.15) is 0 Å². The van der Waals surface area contributed by atoms with E-state index in [1.807, 2.05) is 42.5 Å². The van der Waals surface area contributed by atoms with Crippen LogP contribution < -0.4 is 5.73 Å². The number of hydrogen-bond donors (Lipinski definition) is 2. The molecule has 0 bridgehead atoms. The topological polar surface area (TPSA) is 79.4 Å². The van der Waals surface area contributed by atoms with Crippen LogP contribution in [0.2, 0.25) is 5.02 Å². The van der Waals surface area contributed by atoms with E-state index in [0.29, 0.717) is 10.7 Å². The molecule has 2 aliphatic rings. The number of H-pyrrole nitrogens is 1. The van der Waals surface area contributed by atoms with Gasteiger partial charge < -0.3 is 10.7 Å². The van der Waals surface area contributed by atoms with Crippen molar-refractivity contribution in [2.75, 3.05) is 0 Å². The van der Waals surface area contributed by atoms with Crippen molar-refractivity contribution in [1.29, 1.82) is 0 Å². The van der Waals surface area contributed by atoms with Gasteiger partial charge in [0.2, 0.25) is 5.11 Å². The quantitative estimate of drug-likeness (QED) is 0.386. The maximum absolute atomic E-state index is 6.07. The summed E-state index contributed by atoms with van der Waals surface area (Å²) < 4.78 is 0. The second-order valence-electron chi connectivity index (χ2n) is 5.05. The molecule has 0 saturated carbocycles. The number of aromatic amines is 1. The first-order valence-electron chi connectivity index (χ1n) is 6.84. The van der Waals surface area contributed by atoms with Gasteiger partial charge in [0, 0.05) is 15.8 Å². The molecule has 5 nitrogen and oxygen atoms in total. The third-order valence-electron chi connectivity index (χ3n) is 3.61. The predicted octanol–water partition coefficient (Wildman–Crippen LogP) is 4.80. The van der Waals surface area contributed by atoms with Gasteiger partial charge in [0.1, 0.15) is 5.69 Å². The van der Waals surface area contributed by atoms with Crippen LogP contribution in [0.5, 0.6) is 0 Å². The van der Waals surface area contributed by atoms with E-state index in [4.69, 9.17) is 34.5 Å². The first kappa shape index (κ1) is 14.0. The summed E-state index contributed by atoms with van der Waals surface area (Å²) >= 11 is 10.8. The number of nitrogens with one attached hydrogen (secondary N) is 1. The van der Waals surface area contributed by atoms with E-state index in [2.05, 4.69) is 15.2 Å². The fourth-order valence-corrected chi connectivity index (χ4v) is 2.89. The normalized spacial score (nSPS) is 11.9. The number of benzene rings is 2. The molecule has 4 rings (SSSR count). The molecular formula is C16H10ClN5S. The predicted molar refractivity (Wildman–Crippen MR) is 96.5 cm³/mol. The number of halogens is 1. The van der Waals surface area contributed by atoms with Crippen LogP contribution in [-0.4, -0.2) is 15.1 Å².